The van der Waals surface area contributed by atoms with E-state index in [4.69, 9.17) is 5.11 Å². The molecule has 0 saturated carbocycles. The van der Waals surface area contributed by atoms with Crippen LogP contribution in [0.25, 0.3) is 0 Å². The topological polar surface area (TPSA) is 105 Å². The van der Waals surface area contributed by atoms with Gasteiger partial charge in [-0.3, -0.25) is 14.9 Å². The van der Waals surface area contributed by atoms with Gasteiger partial charge in [-0.2, -0.15) is 0 Å². The molecule has 7 nitrogen and oxygen atoms in total. The fraction of sp³-hybridized carbons (Fsp3) is 0.455. The molecule has 0 amide bonds. The summed E-state index contributed by atoms with van der Waals surface area (Å²) in [7, 11) is 0. The van der Waals surface area contributed by atoms with E-state index in [1.807, 2.05) is 0 Å². The van der Waals surface area contributed by atoms with Gasteiger partial charge in [-0.05, 0) is 13.3 Å². The predicted molar refractivity (Wildman–Crippen MR) is 65.5 cm³/mol. The van der Waals surface area contributed by atoms with Crippen molar-refractivity contribution in [2.75, 3.05) is 11.9 Å². The highest BCUT2D eigenvalue weighted by molar-refractivity contribution is 5.70. The zero-order valence-electron chi connectivity index (χ0n) is 10.2. The number of aliphatic carboxylic acids is 1. The highest BCUT2D eigenvalue weighted by atomic mass is 16.6. The molecule has 7 heteroatoms. The number of hydrogen-bond acceptors (Lipinski definition) is 5. The lowest BCUT2D eigenvalue weighted by molar-refractivity contribution is -0.385. The second-order valence-electron chi connectivity index (χ2n) is 3.94. The Morgan fingerprint density at radius 1 is 1.67 bits per heavy atom. The monoisotopic (exact) mass is 253 g/mol. The summed E-state index contributed by atoms with van der Waals surface area (Å²) < 4.78 is 0. The number of nitrogens with one attached hydrogen (secondary N) is 1. The van der Waals surface area contributed by atoms with Crippen molar-refractivity contribution in [1.29, 1.82) is 0 Å². The van der Waals surface area contributed by atoms with E-state index in [1.165, 1.54) is 12.3 Å². The van der Waals surface area contributed by atoms with Crippen LogP contribution < -0.4 is 5.32 Å². The maximum absolute atomic E-state index is 10.8. The van der Waals surface area contributed by atoms with Gasteiger partial charge in [-0.25, -0.2) is 4.98 Å². The minimum Gasteiger partial charge on any atom is -0.481 e. The Hall–Kier alpha value is -2.18. The van der Waals surface area contributed by atoms with Crippen LogP contribution in [-0.4, -0.2) is 27.5 Å². The van der Waals surface area contributed by atoms with Crippen LogP contribution in [0, 0.1) is 23.0 Å². The molecule has 0 spiro atoms. The minimum absolute atomic E-state index is 0.0316. The normalized spacial score (nSPS) is 11.9. The average Bonchev–Trinajstić information content (AvgIpc) is 2.31. The van der Waals surface area contributed by atoms with Gasteiger partial charge >= 0.3 is 5.97 Å². The van der Waals surface area contributed by atoms with E-state index in [-0.39, 0.29) is 12.2 Å². The number of nitro groups is 1. The molecule has 2 N–H and O–H groups in total. The number of nitrogens with zero attached hydrogens (tertiary/aromatic N) is 2. The van der Waals surface area contributed by atoms with Crippen molar-refractivity contribution >= 4 is 17.5 Å². The molecule has 1 rings (SSSR count). The Kier molecular flexibility index (Phi) is 4.59. The van der Waals surface area contributed by atoms with Crippen LogP contribution in [0.3, 0.4) is 0 Å². The second kappa shape index (κ2) is 5.95. The van der Waals surface area contributed by atoms with Crippen LogP contribution in [0.4, 0.5) is 11.5 Å². The number of rotatable bonds is 6. The summed E-state index contributed by atoms with van der Waals surface area (Å²) in [5, 5.41) is 22.4. The van der Waals surface area contributed by atoms with Crippen molar-refractivity contribution in [3.63, 3.8) is 0 Å². The van der Waals surface area contributed by atoms with Crippen LogP contribution in [-0.2, 0) is 4.79 Å². The first-order chi connectivity index (χ1) is 8.45. The third-order valence-corrected chi connectivity index (χ3v) is 2.64. The number of anilines is 1. The molecule has 0 fully saturated rings. The number of hydrogen-bond donors (Lipinski definition) is 2. The lowest BCUT2D eigenvalue weighted by Crippen LogP contribution is -2.22. The molecule has 1 unspecified atom stereocenters. The van der Waals surface area contributed by atoms with E-state index in [2.05, 4.69) is 10.3 Å². The maximum Gasteiger partial charge on any atom is 0.308 e. The van der Waals surface area contributed by atoms with E-state index in [1.54, 1.807) is 13.8 Å². The number of aryl methyl sites for hydroxylation is 1. The largest absolute Gasteiger partial charge is 0.481 e. The van der Waals surface area contributed by atoms with E-state index in [0.29, 0.717) is 17.8 Å². The van der Waals surface area contributed by atoms with Gasteiger partial charge in [0.25, 0.3) is 5.69 Å². The molecule has 0 aliphatic rings. The van der Waals surface area contributed by atoms with Crippen molar-refractivity contribution in [3.8, 4) is 0 Å². The predicted octanol–water partition coefficient (Wildman–Crippen LogP) is 1.82. The molecule has 0 aromatic carbocycles. The fourth-order valence-electron chi connectivity index (χ4n) is 1.44. The Labute approximate surface area is 104 Å². The molecule has 0 aliphatic carbocycles. The van der Waals surface area contributed by atoms with Crippen LogP contribution in [0.2, 0.25) is 0 Å². The second-order valence-corrected chi connectivity index (χ2v) is 3.94. The number of carboxylic acid groups (broad SMARTS) is 1. The quantitative estimate of drug-likeness (QED) is 0.591. The third kappa shape index (κ3) is 3.41. The van der Waals surface area contributed by atoms with Gasteiger partial charge in [0.1, 0.15) is 5.82 Å². The summed E-state index contributed by atoms with van der Waals surface area (Å²) >= 11 is 0. The molecule has 1 atom stereocenters. The van der Waals surface area contributed by atoms with Gasteiger partial charge in [-0.15, -0.1) is 0 Å². The Balaban J connectivity index is 2.77. The molecule has 18 heavy (non-hydrogen) atoms. The maximum atomic E-state index is 10.8. The SMILES string of the molecule is CCC(CNc1cc([N+](=O)[O-])c(C)cn1)C(=O)O. The van der Waals surface area contributed by atoms with Crippen LogP contribution in [0.1, 0.15) is 18.9 Å². The summed E-state index contributed by atoms with van der Waals surface area (Å²) in [6.07, 6.45) is 1.87. The average molecular weight is 253 g/mol. The summed E-state index contributed by atoms with van der Waals surface area (Å²) in [5.41, 5.74) is 0.437. The first-order valence-electron chi connectivity index (χ1n) is 5.53. The minimum atomic E-state index is -0.897. The molecule has 1 heterocycles. The van der Waals surface area contributed by atoms with Gasteiger partial charge in [0.15, 0.2) is 0 Å². The van der Waals surface area contributed by atoms with Crippen molar-refractivity contribution in [3.05, 3.63) is 27.9 Å². The first kappa shape index (κ1) is 13.9. The van der Waals surface area contributed by atoms with Crippen LogP contribution >= 0.6 is 0 Å². The molecule has 1 aromatic heterocycles. The molecule has 0 aliphatic heterocycles. The molecule has 1 aromatic rings. The molecule has 0 saturated heterocycles. The van der Waals surface area contributed by atoms with Crippen molar-refractivity contribution < 1.29 is 14.8 Å². The molecule has 0 bridgehead atoms. The van der Waals surface area contributed by atoms with Gasteiger partial charge in [-0.1, -0.05) is 6.92 Å². The van der Waals surface area contributed by atoms with E-state index in [0.717, 1.165) is 0 Å². The molecular weight excluding hydrogens is 238 g/mol. The number of carbonyl (C=O) groups is 1. The highest BCUT2D eigenvalue weighted by Crippen LogP contribution is 2.20. The fourth-order valence-corrected chi connectivity index (χ4v) is 1.44. The van der Waals surface area contributed by atoms with E-state index < -0.39 is 16.8 Å². The smallest absolute Gasteiger partial charge is 0.308 e. The standard InChI is InChI=1S/C11H15N3O4/c1-3-8(11(15)16)6-13-10-4-9(14(17)18)7(2)5-12-10/h4-5,8H,3,6H2,1-2H3,(H,12,13)(H,15,16). The summed E-state index contributed by atoms with van der Waals surface area (Å²) in [5.74, 6) is -1.12. The Morgan fingerprint density at radius 3 is 2.83 bits per heavy atom. The van der Waals surface area contributed by atoms with Crippen LogP contribution in [0.15, 0.2) is 12.3 Å². The molecular formula is C11H15N3O4. The van der Waals surface area contributed by atoms with Crippen molar-refractivity contribution in [2.24, 2.45) is 5.92 Å². The lowest BCUT2D eigenvalue weighted by atomic mass is 10.1. The number of pyridine rings is 1. The highest BCUT2D eigenvalue weighted by Gasteiger charge is 2.16. The van der Waals surface area contributed by atoms with Gasteiger partial charge < -0.3 is 10.4 Å². The lowest BCUT2D eigenvalue weighted by Gasteiger charge is -2.11. The summed E-state index contributed by atoms with van der Waals surface area (Å²) in [6, 6.07) is 1.31. The number of aromatic nitrogens is 1. The first-order valence-corrected chi connectivity index (χ1v) is 5.53. The molecule has 0 radical (unpaired) electrons. The third-order valence-electron chi connectivity index (χ3n) is 2.64. The van der Waals surface area contributed by atoms with Crippen molar-refractivity contribution in [2.45, 2.75) is 20.3 Å². The zero-order valence-corrected chi connectivity index (χ0v) is 10.2. The van der Waals surface area contributed by atoms with E-state index in [9.17, 15) is 14.9 Å². The van der Waals surface area contributed by atoms with Crippen molar-refractivity contribution in [1.82, 2.24) is 4.98 Å². The summed E-state index contributed by atoms with van der Waals surface area (Å²) in [4.78, 5) is 25.0. The van der Waals surface area contributed by atoms with E-state index >= 15 is 0 Å². The Morgan fingerprint density at radius 2 is 2.33 bits per heavy atom. The van der Waals surface area contributed by atoms with Crippen LogP contribution in [0.5, 0.6) is 0 Å². The summed E-state index contributed by atoms with van der Waals surface area (Å²) in [6.45, 7) is 3.56. The molecule has 98 valence electrons. The van der Waals surface area contributed by atoms with Gasteiger partial charge in [0.2, 0.25) is 0 Å². The Bertz CT molecular complexity index is 462. The van der Waals surface area contributed by atoms with Gasteiger partial charge in [0, 0.05) is 18.3 Å². The van der Waals surface area contributed by atoms with Gasteiger partial charge in [0.05, 0.1) is 16.9 Å². The number of carboxylic acids is 1. The zero-order chi connectivity index (χ0) is 13.7.